The lowest BCUT2D eigenvalue weighted by Gasteiger charge is -2.27. The van der Waals surface area contributed by atoms with Gasteiger partial charge in [-0.2, -0.15) is 0 Å². The molecule has 0 radical (unpaired) electrons. The summed E-state index contributed by atoms with van der Waals surface area (Å²) < 4.78 is 24.1. The number of benzene rings is 3. The van der Waals surface area contributed by atoms with Crippen molar-refractivity contribution < 1.29 is 13.9 Å². The summed E-state index contributed by atoms with van der Waals surface area (Å²) in [6.45, 7) is 0.652. The Kier molecular flexibility index (Phi) is 7.08. The highest BCUT2D eigenvalue weighted by molar-refractivity contribution is 7.80. The summed E-state index contributed by atoms with van der Waals surface area (Å²) in [5.41, 5.74) is 2.59. The first-order valence-corrected chi connectivity index (χ1v) is 11.0. The fraction of sp³-hybridized carbons (Fsp3) is 0.154. The van der Waals surface area contributed by atoms with Gasteiger partial charge in [-0.3, -0.25) is 4.79 Å². The Hall–Kier alpha value is -3.91. The number of ether oxygens (including phenoxy) is 2. The number of hydrogen-bond donors (Lipinski definition) is 2. The number of aromatic nitrogens is 1. The average molecular weight is 478 g/mol. The van der Waals surface area contributed by atoms with Crippen LogP contribution in [0, 0.1) is 5.82 Å². The van der Waals surface area contributed by atoms with Crippen LogP contribution in [0.3, 0.4) is 0 Å². The second kappa shape index (κ2) is 10.4. The molecular weight excluding hydrogens is 453 g/mol. The zero-order chi connectivity index (χ0) is 24.1. The maximum absolute atomic E-state index is 13.3. The Labute approximate surface area is 201 Å². The zero-order valence-corrected chi connectivity index (χ0v) is 19.6. The van der Waals surface area contributed by atoms with E-state index in [9.17, 15) is 9.18 Å². The van der Waals surface area contributed by atoms with Crippen LogP contribution in [0.4, 0.5) is 10.1 Å². The maximum Gasteiger partial charge on any atom is 0.253 e. The molecule has 0 aliphatic carbocycles. The lowest BCUT2D eigenvalue weighted by atomic mass is 10.1. The molecule has 0 atom stereocenters. The van der Waals surface area contributed by atoms with E-state index in [4.69, 9.17) is 21.7 Å². The molecule has 174 valence electrons. The number of hydrogen-bond acceptors (Lipinski definition) is 4. The molecule has 0 bridgehead atoms. The van der Waals surface area contributed by atoms with Crippen LogP contribution in [0.15, 0.2) is 77.6 Å². The molecule has 0 spiro atoms. The third-order valence-corrected chi connectivity index (χ3v) is 5.79. The molecule has 0 amide bonds. The number of nitrogens with zero attached hydrogens (tertiary/aromatic N) is 1. The highest BCUT2D eigenvalue weighted by atomic mass is 32.1. The minimum absolute atomic E-state index is 0.213. The van der Waals surface area contributed by atoms with Crippen molar-refractivity contribution >= 4 is 33.9 Å². The third kappa shape index (κ3) is 5.35. The van der Waals surface area contributed by atoms with E-state index < -0.39 is 0 Å². The van der Waals surface area contributed by atoms with E-state index in [1.165, 1.54) is 12.1 Å². The molecule has 0 unspecified atom stereocenters. The molecule has 8 heteroatoms. The van der Waals surface area contributed by atoms with Crippen molar-refractivity contribution in [1.29, 1.82) is 0 Å². The second-order valence-corrected chi connectivity index (χ2v) is 8.07. The quantitative estimate of drug-likeness (QED) is 0.362. The Balaban J connectivity index is 1.67. The number of aromatic amines is 1. The van der Waals surface area contributed by atoms with E-state index in [0.717, 1.165) is 16.7 Å². The molecule has 0 saturated heterocycles. The van der Waals surface area contributed by atoms with Crippen LogP contribution >= 0.6 is 12.2 Å². The number of fused-ring (bicyclic) bond motifs is 1. The number of thiocarbonyl (C=S) groups is 1. The molecular formula is C26H24FN3O3S. The van der Waals surface area contributed by atoms with Crippen LogP contribution in [0.25, 0.3) is 10.9 Å². The molecule has 0 aliphatic heterocycles. The zero-order valence-electron chi connectivity index (χ0n) is 18.8. The largest absolute Gasteiger partial charge is 0.497 e. The van der Waals surface area contributed by atoms with E-state index in [1.807, 2.05) is 47.4 Å². The summed E-state index contributed by atoms with van der Waals surface area (Å²) in [7, 11) is 3.19. The summed E-state index contributed by atoms with van der Waals surface area (Å²) >= 11 is 5.69. The van der Waals surface area contributed by atoms with Crippen molar-refractivity contribution in [3.63, 3.8) is 0 Å². The Morgan fingerprint density at radius 2 is 1.71 bits per heavy atom. The van der Waals surface area contributed by atoms with Crippen molar-refractivity contribution in [3.8, 4) is 11.5 Å². The first-order chi connectivity index (χ1) is 16.5. The lowest BCUT2D eigenvalue weighted by Crippen LogP contribution is -2.35. The Bertz CT molecular complexity index is 1370. The van der Waals surface area contributed by atoms with Crippen molar-refractivity contribution in [3.05, 3.63) is 100 Å². The molecule has 4 rings (SSSR count). The number of para-hydroxylation sites is 1. The van der Waals surface area contributed by atoms with Gasteiger partial charge in [-0.25, -0.2) is 4.39 Å². The van der Waals surface area contributed by atoms with Gasteiger partial charge >= 0.3 is 0 Å². The van der Waals surface area contributed by atoms with Gasteiger partial charge in [0.05, 0.1) is 26.3 Å². The Morgan fingerprint density at radius 1 is 0.971 bits per heavy atom. The molecule has 0 saturated carbocycles. The minimum atomic E-state index is -0.332. The molecule has 4 aromatic rings. The van der Waals surface area contributed by atoms with Crippen molar-refractivity contribution in [2.75, 3.05) is 19.5 Å². The third-order valence-electron chi connectivity index (χ3n) is 5.43. The SMILES string of the molecule is COc1ccc2cc(CN(Cc3ccccc3OC)C(=S)Nc3ccc(F)cc3)c(=O)[nH]c2c1. The molecule has 1 aromatic heterocycles. The first kappa shape index (κ1) is 23.3. The highest BCUT2D eigenvalue weighted by Crippen LogP contribution is 2.23. The average Bonchev–Trinajstić information content (AvgIpc) is 2.85. The van der Waals surface area contributed by atoms with Gasteiger partial charge < -0.3 is 24.7 Å². The minimum Gasteiger partial charge on any atom is -0.497 e. The van der Waals surface area contributed by atoms with E-state index >= 15 is 0 Å². The normalized spacial score (nSPS) is 10.7. The standard InChI is InChI=1S/C26H24FN3O3S/c1-32-22-12-7-17-13-19(25(31)29-23(17)14-22)16-30(15-18-5-3-4-6-24(18)33-2)26(34)28-21-10-8-20(27)9-11-21/h3-14H,15-16H2,1-2H3,(H,28,34)(H,29,31). The second-order valence-electron chi connectivity index (χ2n) is 7.68. The van der Waals surface area contributed by atoms with Crippen LogP contribution in [0.1, 0.15) is 11.1 Å². The van der Waals surface area contributed by atoms with Crippen LogP contribution in [0.2, 0.25) is 0 Å². The number of pyridine rings is 1. The number of nitrogens with one attached hydrogen (secondary N) is 2. The lowest BCUT2D eigenvalue weighted by molar-refractivity contribution is 0.377. The van der Waals surface area contributed by atoms with Crippen molar-refractivity contribution in [2.24, 2.45) is 0 Å². The van der Waals surface area contributed by atoms with E-state index in [2.05, 4.69) is 10.3 Å². The van der Waals surface area contributed by atoms with Gasteiger partial charge in [-0.05, 0) is 66.1 Å². The highest BCUT2D eigenvalue weighted by Gasteiger charge is 2.16. The predicted octanol–water partition coefficient (Wildman–Crippen LogP) is 5.08. The van der Waals surface area contributed by atoms with Gasteiger partial charge in [-0.1, -0.05) is 18.2 Å². The smallest absolute Gasteiger partial charge is 0.253 e. The first-order valence-electron chi connectivity index (χ1n) is 10.6. The summed E-state index contributed by atoms with van der Waals surface area (Å²) in [5, 5.41) is 4.41. The molecule has 3 aromatic carbocycles. The van der Waals surface area contributed by atoms with Crippen LogP contribution in [-0.2, 0) is 13.1 Å². The van der Waals surface area contributed by atoms with Gasteiger partial charge in [-0.15, -0.1) is 0 Å². The molecule has 0 fully saturated rings. The van der Waals surface area contributed by atoms with Gasteiger partial charge in [0.15, 0.2) is 5.11 Å². The number of halogens is 1. The topological polar surface area (TPSA) is 66.6 Å². The summed E-state index contributed by atoms with van der Waals surface area (Å²) in [6, 6.07) is 21.0. The van der Waals surface area contributed by atoms with Crippen molar-refractivity contribution in [2.45, 2.75) is 13.1 Å². The summed E-state index contributed by atoms with van der Waals surface area (Å²) in [5.74, 6) is 1.05. The molecule has 0 aliphatic rings. The Morgan fingerprint density at radius 3 is 2.44 bits per heavy atom. The fourth-order valence-electron chi connectivity index (χ4n) is 3.65. The number of rotatable bonds is 7. The molecule has 1 heterocycles. The van der Waals surface area contributed by atoms with E-state index in [0.29, 0.717) is 34.2 Å². The van der Waals surface area contributed by atoms with Gasteiger partial charge in [0.25, 0.3) is 5.56 Å². The monoisotopic (exact) mass is 477 g/mol. The molecule has 2 N–H and O–H groups in total. The summed E-state index contributed by atoms with van der Waals surface area (Å²) in [6.07, 6.45) is 0. The van der Waals surface area contributed by atoms with Crippen LogP contribution in [0.5, 0.6) is 11.5 Å². The predicted molar refractivity (Wildman–Crippen MR) is 136 cm³/mol. The van der Waals surface area contributed by atoms with E-state index in [1.54, 1.807) is 32.4 Å². The van der Waals surface area contributed by atoms with Crippen LogP contribution < -0.4 is 20.3 Å². The number of methoxy groups -OCH3 is 2. The summed E-state index contributed by atoms with van der Waals surface area (Å²) in [4.78, 5) is 17.7. The molecule has 6 nitrogen and oxygen atoms in total. The number of anilines is 1. The fourth-order valence-corrected chi connectivity index (χ4v) is 3.90. The van der Waals surface area contributed by atoms with E-state index in [-0.39, 0.29) is 17.9 Å². The maximum atomic E-state index is 13.3. The number of H-pyrrole nitrogens is 1. The van der Waals surface area contributed by atoms with Crippen molar-refractivity contribution in [1.82, 2.24) is 9.88 Å². The molecule has 34 heavy (non-hydrogen) atoms. The van der Waals surface area contributed by atoms with Gasteiger partial charge in [0.1, 0.15) is 17.3 Å². The van der Waals surface area contributed by atoms with Crippen LogP contribution in [-0.4, -0.2) is 29.2 Å². The van der Waals surface area contributed by atoms with Gasteiger partial charge in [0.2, 0.25) is 0 Å². The van der Waals surface area contributed by atoms with Gasteiger partial charge in [0, 0.05) is 29.4 Å².